The van der Waals surface area contributed by atoms with E-state index in [1.54, 1.807) is 5.38 Å². The van der Waals surface area contributed by atoms with Gasteiger partial charge >= 0.3 is 5.97 Å². The van der Waals surface area contributed by atoms with Gasteiger partial charge in [0.05, 0.1) is 7.11 Å². The maximum atomic E-state index is 12.6. The van der Waals surface area contributed by atoms with Gasteiger partial charge in [0.25, 0.3) is 0 Å². The average molecular weight is 303 g/mol. The number of methoxy groups -OCH3 is 1. The summed E-state index contributed by atoms with van der Waals surface area (Å²) in [6, 6.07) is 1.48. The number of thiophene rings is 1. The summed E-state index contributed by atoms with van der Waals surface area (Å²) >= 11 is 1.10. The molecule has 1 fully saturated rings. The molecule has 0 aliphatic carbocycles. The molecule has 0 amide bonds. The van der Waals surface area contributed by atoms with Crippen LogP contribution in [0.25, 0.3) is 0 Å². The third kappa shape index (κ3) is 2.98. The van der Waals surface area contributed by atoms with Crippen molar-refractivity contribution in [2.24, 2.45) is 0 Å². The molecule has 5 nitrogen and oxygen atoms in total. The third-order valence-electron chi connectivity index (χ3n) is 3.18. The number of sulfonamides is 1. The molecule has 2 rings (SSSR count). The van der Waals surface area contributed by atoms with Crippen LogP contribution in [-0.2, 0) is 14.8 Å². The molecular weight excluding hydrogens is 286 g/mol. The molecule has 0 atom stereocenters. The minimum Gasteiger partial charge on any atom is -0.465 e. The first-order valence-corrected chi connectivity index (χ1v) is 8.55. The van der Waals surface area contributed by atoms with Crippen LogP contribution in [0.1, 0.15) is 35.4 Å². The molecule has 19 heavy (non-hydrogen) atoms. The summed E-state index contributed by atoms with van der Waals surface area (Å²) in [5, 5.41) is 1.61. The van der Waals surface area contributed by atoms with Gasteiger partial charge in [-0.15, -0.1) is 11.3 Å². The van der Waals surface area contributed by atoms with E-state index in [0.717, 1.165) is 37.0 Å². The van der Waals surface area contributed by atoms with Gasteiger partial charge in [-0.1, -0.05) is 12.8 Å². The molecule has 1 saturated heterocycles. The fraction of sp³-hybridized carbons (Fsp3) is 0.583. The molecule has 106 valence electrons. The van der Waals surface area contributed by atoms with Gasteiger partial charge in [0.2, 0.25) is 10.0 Å². The first-order chi connectivity index (χ1) is 9.07. The number of rotatable bonds is 3. The molecule has 0 radical (unpaired) electrons. The van der Waals surface area contributed by atoms with Gasteiger partial charge in [-0.05, 0) is 24.3 Å². The van der Waals surface area contributed by atoms with Crippen LogP contribution in [0.15, 0.2) is 16.3 Å². The molecule has 1 aliphatic heterocycles. The lowest BCUT2D eigenvalue weighted by Crippen LogP contribution is -2.32. The van der Waals surface area contributed by atoms with Gasteiger partial charge in [0, 0.05) is 13.1 Å². The van der Waals surface area contributed by atoms with Crippen LogP contribution in [-0.4, -0.2) is 38.9 Å². The highest BCUT2D eigenvalue weighted by atomic mass is 32.2. The SMILES string of the molecule is COC(=O)c1sccc1S(=O)(=O)N1CCCCCC1. The molecule has 0 bridgehead atoms. The Labute approximate surface area is 117 Å². The smallest absolute Gasteiger partial charge is 0.349 e. The Hall–Kier alpha value is -0.920. The second-order valence-corrected chi connectivity index (χ2v) is 7.25. The molecular formula is C12H17NO4S2. The summed E-state index contributed by atoms with van der Waals surface area (Å²) in [7, 11) is -2.33. The maximum absolute atomic E-state index is 12.6. The lowest BCUT2D eigenvalue weighted by Gasteiger charge is -2.19. The number of ether oxygens (including phenoxy) is 1. The monoisotopic (exact) mass is 303 g/mol. The van der Waals surface area contributed by atoms with Crippen molar-refractivity contribution in [2.75, 3.05) is 20.2 Å². The number of carbonyl (C=O) groups excluding carboxylic acids is 1. The van der Waals surface area contributed by atoms with Crippen molar-refractivity contribution in [1.82, 2.24) is 4.31 Å². The van der Waals surface area contributed by atoms with E-state index in [2.05, 4.69) is 4.74 Å². The van der Waals surface area contributed by atoms with Crippen LogP contribution in [0.2, 0.25) is 0 Å². The molecule has 0 N–H and O–H groups in total. The summed E-state index contributed by atoms with van der Waals surface area (Å²) in [6.45, 7) is 1.05. The zero-order valence-electron chi connectivity index (χ0n) is 10.8. The first kappa shape index (κ1) is 14.5. The molecule has 0 unspecified atom stereocenters. The van der Waals surface area contributed by atoms with Crippen LogP contribution in [0.4, 0.5) is 0 Å². The van der Waals surface area contributed by atoms with Crippen LogP contribution < -0.4 is 0 Å². The summed E-state index contributed by atoms with van der Waals surface area (Å²) in [5.74, 6) is -0.594. The van der Waals surface area contributed by atoms with E-state index in [1.807, 2.05) is 0 Å². The number of carbonyl (C=O) groups is 1. The van der Waals surface area contributed by atoms with Gasteiger partial charge in [-0.25, -0.2) is 13.2 Å². The van der Waals surface area contributed by atoms with E-state index in [-0.39, 0.29) is 9.77 Å². The molecule has 7 heteroatoms. The molecule has 1 aliphatic rings. The molecule has 1 aromatic rings. The number of hydrogen-bond donors (Lipinski definition) is 0. The van der Waals surface area contributed by atoms with Crippen molar-refractivity contribution in [1.29, 1.82) is 0 Å². The van der Waals surface area contributed by atoms with E-state index < -0.39 is 16.0 Å². The van der Waals surface area contributed by atoms with Crippen LogP contribution >= 0.6 is 11.3 Å². The Morgan fingerprint density at radius 1 is 1.26 bits per heavy atom. The van der Waals surface area contributed by atoms with Crippen LogP contribution in [0, 0.1) is 0 Å². The van der Waals surface area contributed by atoms with Gasteiger partial charge < -0.3 is 4.74 Å². The minimum absolute atomic E-state index is 0.0752. The highest BCUT2D eigenvalue weighted by Crippen LogP contribution is 2.27. The number of hydrogen-bond acceptors (Lipinski definition) is 5. The van der Waals surface area contributed by atoms with Crippen molar-refractivity contribution >= 4 is 27.3 Å². The fourth-order valence-electron chi connectivity index (χ4n) is 2.16. The van der Waals surface area contributed by atoms with Gasteiger partial charge in [0.15, 0.2) is 0 Å². The minimum atomic E-state index is -3.58. The van der Waals surface area contributed by atoms with Crippen LogP contribution in [0.5, 0.6) is 0 Å². The summed E-state index contributed by atoms with van der Waals surface area (Å²) < 4.78 is 31.2. The Morgan fingerprint density at radius 3 is 2.47 bits per heavy atom. The normalized spacial score (nSPS) is 17.9. The third-order valence-corrected chi connectivity index (χ3v) is 6.15. The lowest BCUT2D eigenvalue weighted by atomic mass is 10.2. The van der Waals surface area contributed by atoms with E-state index in [9.17, 15) is 13.2 Å². The number of nitrogens with zero attached hydrogens (tertiary/aromatic N) is 1. The molecule has 1 aromatic heterocycles. The van der Waals surface area contributed by atoms with Crippen molar-refractivity contribution in [3.05, 3.63) is 16.3 Å². The van der Waals surface area contributed by atoms with E-state index in [0.29, 0.717) is 13.1 Å². The van der Waals surface area contributed by atoms with Gasteiger partial charge in [-0.2, -0.15) is 4.31 Å². The van der Waals surface area contributed by atoms with E-state index in [1.165, 1.54) is 17.5 Å². The highest BCUT2D eigenvalue weighted by molar-refractivity contribution is 7.89. The first-order valence-electron chi connectivity index (χ1n) is 6.23. The predicted molar refractivity (Wildman–Crippen MR) is 72.9 cm³/mol. The topological polar surface area (TPSA) is 63.7 Å². The van der Waals surface area contributed by atoms with Crippen molar-refractivity contribution in [3.63, 3.8) is 0 Å². The molecule has 0 saturated carbocycles. The van der Waals surface area contributed by atoms with Gasteiger partial charge in [-0.3, -0.25) is 0 Å². The highest BCUT2D eigenvalue weighted by Gasteiger charge is 2.30. The fourth-order valence-corrected chi connectivity index (χ4v) is 4.99. The van der Waals surface area contributed by atoms with E-state index in [4.69, 9.17) is 0 Å². The standard InChI is InChI=1S/C12H17NO4S2/c1-17-12(14)11-10(6-9-18-11)19(15,16)13-7-4-2-3-5-8-13/h6,9H,2-5,7-8H2,1H3. The Morgan fingerprint density at radius 2 is 1.89 bits per heavy atom. The second kappa shape index (κ2) is 6.02. The predicted octanol–water partition coefficient (Wildman–Crippen LogP) is 2.10. The Bertz CT molecular complexity index is 542. The average Bonchev–Trinajstić information content (AvgIpc) is 2.73. The summed E-state index contributed by atoms with van der Waals surface area (Å²) in [6.07, 6.45) is 3.85. The summed E-state index contributed by atoms with van der Waals surface area (Å²) in [5.41, 5.74) is 0. The zero-order chi connectivity index (χ0) is 13.9. The molecule has 0 aromatic carbocycles. The quantitative estimate of drug-likeness (QED) is 0.802. The van der Waals surface area contributed by atoms with Crippen LogP contribution in [0.3, 0.4) is 0 Å². The largest absolute Gasteiger partial charge is 0.465 e. The number of esters is 1. The van der Waals surface area contributed by atoms with Crippen molar-refractivity contribution in [3.8, 4) is 0 Å². The second-order valence-electron chi connectivity index (χ2n) is 4.42. The van der Waals surface area contributed by atoms with E-state index >= 15 is 0 Å². The Balaban J connectivity index is 2.33. The Kier molecular flexibility index (Phi) is 4.59. The summed E-state index contributed by atoms with van der Waals surface area (Å²) in [4.78, 5) is 11.8. The molecule has 0 spiro atoms. The van der Waals surface area contributed by atoms with Gasteiger partial charge in [0.1, 0.15) is 9.77 Å². The molecule has 2 heterocycles. The maximum Gasteiger partial charge on any atom is 0.349 e. The lowest BCUT2D eigenvalue weighted by molar-refractivity contribution is 0.0602. The van der Waals surface area contributed by atoms with Crippen molar-refractivity contribution < 1.29 is 17.9 Å². The zero-order valence-corrected chi connectivity index (χ0v) is 12.4. The van der Waals surface area contributed by atoms with Crippen molar-refractivity contribution in [2.45, 2.75) is 30.6 Å².